The molecule has 0 aliphatic carbocycles. The van der Waals surface area contributed by atoms with Crippen molar-refractivity contribution in [3.63, 3.8) is 0 Å². The Labute approximate surface area is 131 Å². The molecular weight excluding hydrogens is 276 g/mol. The van der Waals surface area contributed by atoms with Gasteiger partial charge in [-0.3, -0.25) is 4.79 Å². The fourth-order valence-corrected chi connectivity index (χ4v) is 2.61. The van der Waals surface area contributed by atoms with Gasteiger partial charge < -0.3 is 11.1 Å². The van der Waals surface area contributed by atoms with Gasteiger partial charge in [0.1, 0.15) is 0 Å². The molecule has 0 saturated carbocycles. The fourth-order valence-electron chi connectivity index (χ4n) is 2.61. The van der Waals surface area contributed by atoms with E-state index in [1.807, 2.05) is 50.4 Å². The maximum absolute atomic E-state index is 12.5. The van der Waals surface area contributed by atoms with E-state index in [9.17, 15) is 4.79 Å². The van der Waals surface area contributed by atoms with Crippen LogP contribution in [0.25, 0.3) is 5.69 Å². The van der Waals surface area contributed by atoms with Gasteiger partial charge in [0.05, 0.1) is 11.1 Å². The van der Waals surface area contributed by atoms with E-state index in [2.05, 4.69) is 10.4 Å². The number of carbonyl (C=O) groups excluding carboxylic acids is 1. The summed E-state index contributed by atoms with van der Waals surface area (Å²) in [5.74, 6) is 0.0234. The molecule has 22 heavy (non-hydrogen) atoms. The third-order valence-electron chi connectivity index (χ3n) is 4.41. The molecule has 0 atom stereocenters. The van der Waals surface area contributed by atoms with Gasteiger partial charge in [-0.2, -0.15) is 5.10 Å². The third kappa shape index (κ3) is 3.20. The van der Waals surface area contributed by atoms with Gasteiger partial charge in [-0.05, 0) is 30.5 Å². The summed E-state index contributed by atoms with van der Waals surface area (Å²) < 4.78 is 1.80. The number of carbonyl (C=O) groups is 1. The predicted molar refractivity (Wildman–Crippen MR) is 87.5 cm³/mol. The Morgan fingerprint density at radius 1 is 1.27 bits per heavy atom. The molecule has 1 heterocycles. The molecule has 0 unspecified atom stereocenters. The van der Waals surface area contributed by atoms with Crippen LogP contribution in [0, 0.1) is 5.41 Å². The van der Waals surface area contributed by atoms with Gasteiger partial charge in [0.2, 0.25) is 5.91 Å². The lowest BCUT2D eigenvalue weighted by molar-refractivity contribution is -0.131. The van der Waals surface area contributed by atoms with E-state index in [1.54, 1.807) is 10.9 Å². The standard InChI is InChI=1S/C17H24N4O/c1-3-17(4-2,13-18)16(22)19-12-14-8-5-6-9-15(14)21-11-7-10-20-21/h5-11H,3-4,12-13,18H2,1-2H3,(H,19,22). The van der Waals surface area contributed by atoms with Crippen LogP contribution in [0.2, 0.25) is 0 Å². The fraction of sp³-hybridized carbons (Fsp3) is 0.412. The number of nitrogens with two attached hydrogens (primary N) is 1. The molecule has 0 fully saturated rings. The van der Waals surface area contributed by atoms with Crippen molar-refractivity contribution in [2.24, 2.45) is 11.1 Å². The van der Waals surface area contributed by atoms with Crippen LogP contribution >= 0.6 is 0 Å². The highest BCUT2D eigenvalue weighted by molar-refractivity contribution is 5.82. The zero-order valence-electron chi connectivity index (χ0n) is 13.2. The van der Waals surface area contributed by atoms with Crippen molar-refractivity contribution in [2.45, 2.75) is 33.2 Å². The van der Waals surface area contributed by atoms with Crippen molar-refractivity contribution in [3.8, 4) is 5.69 Å². The average molecular weight is 300 g/mol. The van der Waals surface area contributed by atoms with Crippen LogP contribution in [0.5, 0.6) is 0 Å². The Kier molecular flexibility index (Phi) is 5.33. The highest BCUT2D eigenvalue weighted by Crippen LogP contribution is 2.25. The lowest BCUT2D eigenvalue weighted by Gasteiger charge is -2.28. The first kappa shape index (κ1) is 16.2. The number of hydrogen-bond donors (Lipinski definition) is 2. The first-order chi connectivity index (χ1) is 10.7. The highest BCUT2D eigenvalue weighted by atomic mass is 16.2. The van der Waals surface area contributed by atoms with E-state index < -0.39 is 5.41 Å². The van der Waals surface area contributed by atoms with Crippen molar-refractivity contribution in [2.75, 3.05) is 6.54 Å². The lowest BCUT2D eigenvalue weighted by Crippen LogP contribution is -2.45. The summed E-state index contributed by atoms with van der Waals surface area (Å²) >= 11 is 0. The number of benzene rings is 1. The molecule has 0 radical (unpaired) electrons. The molecule has 0 spiro atoms. The summed E-state index contributed by atoms with van der Waals surface area (Å²) in [6.45, 7) is 4.85. The lowest BCUT2D eigenvalue weighted by atomic mass is 9.81. The topological polar surface area (TPSA) is 72.9 Å². The highest BCUT2D eigenvalue weighted by Gasteiger charge is 2.33. The van der Waals surface area contributed by atoms with Gasteiger partial charge >= 0.3 is 0 Å². The zero-order chi connectivity index (χ0) is 16.0. The summed E-state index contributed by atoms with van der Waals surface area (Å²) in [6.07, 6.45) is 5.12. The Morgan fingerprint density at radius 3 is 2.59 bits per heavy atom. The minimum atomic E-state index is -0.472. The molecule has 1 aromatic heterocycles. The number of aromatic nitrogens is 2. The van der Waals surface area contributed by atoms with Gasteiger partial charge in [0.15, 0.2) is 0 Å². The van der Waals surface area contributed by atoms with Gasteiger partial charge in [0.25, 0.3) is 0 Å². The molecule has 2 aromatic rings. The van der Waals surface area contributed by atoms with Crippen molar-refractivity contribution >= 4 is 5.91 Å². The molecule has 2 rings (SSSR count). The van der Waals surface area contributed by atoms with Crippen LogP contribution in [-0.2, 0) is 11.3 Å². The minimum Gasteiger partial charge on any atom is -0.351 e. The van der Waals surface area contributed by atoms with Crippen LogP contribution in [-0.4, -0.2) is 22.2 Å². The Hall–Kier alpha value is -2.14. The van der Waals surface area contributed by atoms with Gasteiger partial charge in [-0.1, -0.05) is 32.0 Å². The van der Waals surface area contributed by atoms with E-state index in [0.29, 0.717) is 13.1 Å². The Balaban J connectivity index is 2.14. The largest absolute Gasteiger partial charge is 0.351 e. The van der Waals surface area contributed by atoms with Gasteiger partial charge in [0, 0.05) is 25.5 Å². The Bertz CT molecular complexity index is 595. The molecule has 0 bridgehead atoms. The first-order valence-electron chi connectivity index (χ1n) is 7.73. The Morgan fingerprint density at radius 2 is 2.00 bits per heavy atom. The summed E-state index contributed by atoms with van der Waals surface area (Å²) in [4.78, 5) is 12.5. The maximum Gasteiger partial charge on any atom is 0.227 e. The van der Waals surface area contributed by atoms with Gasteiger partial charge in [-0.15, -0.1) is 0 Å². The molecule has 1 aromatic carbocycles. The monoisotopic (exact) mass is 300 g/mol. The maximum atomic E-state index is 12.5. The van der Waals surface area contributed by atoms with Crippen LogP contribution in [0.3, 0.4) is 0 Å². The van der Waals surface area contributed by atoms with E-state index >= 15 is 0 Å². The van der Waals surface area contributed by atoms with Crippen LogP contribution in [0.4, 0.5) is 0 Å². The number of para-hydroxylation sites is 1. The van der Waals surface area contributed by atoms with Crippen molar-refractivity contribution < 1.29 is 4.79 Å². The molecule has 0 aliphatic heterocycles. The zero-order valence-corrected chi connectivity index (χ0v) is 13.2. The molecule has 118 valence electrons. The van der Waals surface area contributed by atoms with Crippen LogP contribution in [0.1, 0.15) is 32.3 Å². The van der Waals surface area contributed by atoms with Crippen molar-refractivity contribution in [3.05, 3.63) is 48.3 Å². The number of nitrogens with zero attached hydrogens (tertiary/aromatic N) is 2. The van der Waals surface area contributed by atoms with E-state index in [0.717, 1.165) is 24.1 Å². The summed E-state index contributed by atoms with van der Waals surface area (Å²) in [5.41, 5.74) is 7.36. The number of amides is 1. The normalized spacial score (nSPS) is 11.4. The SMILES string of the molecule is CCC(CC)(CN)C(=O)NCc1ccccc1-n1cccn1. The first-order valence-corrected chi connectivity index (χ1v) is 7.73. The smallest absolute Gasteiger partial charge is 0.227 e. The van der Waals surface area contributed by atoms with E-state index in [1.165, 1.54) is 0 Å². The van der Waals surface area contributed by atoms with Crippen molar-refractivity contribution in [1.29, 1.82) is 0 Å². The quantitative estimate of drug-likeness (QED) is 0.823. The third-order valence-corrected chi connectivity index (χ3v) is 4.41. The minimum absolute atomic E-state index is 0.0234. The molecule has 5 heteroatoms. The second kappa shape index (κ2) is 7.22. The molecule has 5 nitrogen and oxygen atoms in total. The number of nitrogens with one attached hydrogen (secondary N) is 1. The van der Waals surface area contributed by atoms with E-state index in [-0.39, 0.29) is 5.91 Å². The molecule has 0 saturated heterocycles. The predicted octanol–water partition coefficient (Wildman–Crippen LogP) is 2.25. The van der Waals surface area contributed by atoms with E-state index in [4.69, 9.17) is 5.73 Å². The molecule has 3 N–H and O–H groups in total. The molecule has 1 amide bonds. The number of rotatable bonds is 7. The van der Waals surface area contributed by atoms with Crippen LogP contribution < -0.4 is 11.1 Å². The van der Waals surface area contributed by atoms with Crippen molar-refractivity contribution in [1.82, 2.24) is 15.1 Å². The number of hydrogen-bond acceptors (Lipinski definition) is 3. The van der Waals surface area contributed by atoms with Gasteiger partial charge in [-0.25, -0.2) is 4.68 Å². The molecular formula is C17H24N4O. The average Bonchev–Trinajstić information content (AvgIpc) is 3.09. The second-order valence-corrected chi connectivity index (χ2v) is 5.45. The second-order valence-electron chi connectivity index (χ2n) is 5.45. The van der Waals surface area contributed by atoms with Crippen LogP contribution in [0.15, 0.2) is 42.7 Å². The summed E-state index contributed by atoms with van der Waals surface area (Å²) in [7, 11) is 0. The molecule has 0 aliphatic rings. The summed E-state index contributed by atoms with van der Waals surface area (Å²) in [5, 5.41) is 7.29. The summed E-state index contributed by atoms with van der Waals surface area (Å²) in [6, 6.07) is 9.79.